The lowest BCUT2D eigenvalue weighted by atomic mass is 9.96. The van der Waals surface area contributed by atoms with E-state index in [1.54, 1.807) is 0 Å². The number of rotatable bonds is 4. The number of benzene rings is 1. The average Bonchev–Trinajstić information content (AvgIpc) is 2.35. The molecule has 19 heavy (non-hydrogen) atoms. The molecule has 1 fully saturated rings. The van der Waals surface area contributed by atoms with Crippen LogP contribution in [0.1, 0.15) is 44.2 Å². The third-order valence-electron chi connectivity index (χ3n) is 4.14. The molecule has 2 rings (SSSR count). The molecule has 1 aromatic rings. The number of nitrogens with zero attached hydrogens (tertiary/aromatic N) is 1. The van der Waals surface area contributed by atoms with Crippen LogP contribution >= 0.6 is 12.2 Å². The van der Waals surface area contributed by atoms with E-state index in [1.807, 2.05) is 0 Å². The van der Waals surface area contributed by atoms with Crippen LogP contribution in [-0.4, -0.2) is 22.0 Å². The molecule has 2 unspecified atom stereocenters. The highest BCUT2D eigenvalue weighted by Gasteiger charge is 2.24. The first kappa shape index (κ1) is 14.5. The van der Waals surface area contributed by atoms with Gasteiger partial charge in [0.05, 0.1) is 4.99 Å². The normalized spacial score (nSPS) is 24.3. The maximum atomic E-state index is 5.57. The smallest absolute Gasteiger partial charge is 0.0771 e. The third kappa shape index (κ3) is 4.02. The largest absolute Gasteiger partial charge is 0.393 e. The summed E-state index contributed by atoms with van der Waals surface area (Å²) in [5.74, 6) is 0. The molecule has 1 aromatic carbocycles. The van der Waals surface area contributed by atoms with Gasteiger partial charge in [0.2, 0.25) is 0 Å². The van der Waals surface area contributed by atoms with E-state index in [9.17, 15) is 0 Å². The molecule has 1 aliphatic rings. The van der Waals surface area contributed by atoms with Gasteiger partial charge in [-0.3, -0.25) is 4.90 Å². The van der Waals surface area contributed by atoms with Gasteiger partial charge in [-0.1, -0.05) is 42.9 Å². The minimum absolute atomic E-state index is 0.561. The third-order valence-corrected chi connectivity index (χ3v) is 4.29. The first-order valence-electron chi connectivity index (χ1n) is 7.18. The van der Waals surface area contributed by atoms with E-state index < -0.39 is 0 Å². The lowest BCUT2D eigenvalue weighted by Gasteiger charge is -2.39. The highest BCUT2D eigenvalue weighted by Crippen LogP contribution is 2.24. The number of nitrogens with two attached hydrogens (primary N) is 1. The Labute approximate surface area is 122 Å². The average molecular weight is 276 g/mol. The van der Waals surface area contributed by atoms with Gasteiger partial charge in [-0.15, -0.1) is 0 Å². The molecule has 0 saturated carbocycles. The van der Waals surface area contributed by atoms with Crippen molar-refractivity contribution in [1.82, 2.24) is 4.90 Å². The zero-order chi connectivity index (χ0) is 13.8. The van der Waals surface area contributed by atoms with Gasteiger partial charge in [0.15, 0.2) is 0 Å². The summed E-state index contributed by atoms with van der Waals surface area (Å²) in [4.78, 5) is 3.18. The minimum Gasteiger partial charge on any atom is -0.393 e. The Morgan fingerprint density at radius 3 is 2.21 bits per heavy atom. The van der Waals surface area contributed by atoms with E-state index in [0.717, 1.165) is 6.54 Å². The molecular formula is C16H24N2S. The Bertz CT molecular complexity index is 417. The van der Waals surface area contributed by atoms with Gasteiger partial charge in [0.1, 0.15) is 0 Å². The molecule has 0 amide bonds. The van der Waals surface area contributed by atoms with Crippen molar-refractivity contribution < 1.29 is 0 Å². The maximum Gasteiger partial charge on any atom is 0.0771 e. The quantitative estimate of drug-likeness (QED) is 0.856. The molecule has 1 saturated heterocycles. The van der Waals surface area contributed by atoms with Crippen LogP contribution in [0.15, 0.2) is 24.3 Å². The van der Waals surface area contributed by atoms with Crippen LogP contribution in [0.4, 0.5) is 0 Å². The van der Waals surface area contributed by atoms with Gasteiger partial charge < -0.3 is 5.73 Å². The van der Waals surface area contributed by atoms with Crippen LogP contribution in [0.25, 0.3) is 0 Å². The molecule has 0 bridgehead atoms. The van der Waals surface area contributed by atoms with E-state index in [-0.39, 0.29) is 0 Å². The fourth-order valence-corrected chi connectivity index (χ4v) is 3.13. The number of piperidine rings is 1. The molecule has 3 heteroatoms. The summed E-state index contributed by atoms with van der Waals surface area (Å²) in [6, 6.07) is 10.1. The SMILES string of the molecule is CC1CCCC(C)N1Cc1ccc(CC(N)=S)cc1. The fraction of sp³-hybridized carbons (Fsp3) is 0.562. The predicted octanol–water partition coefficient (Wildman–Crippen LogP) is 3.28. The standard InChI is InChI=1S/C16H24N2S/c1-12-4-3-5-13(2)18(12)11-15-8-6-14(7-9-15)10-16(17)19/h6-9,12-13H,3-5,10-11H2,1-2H3,(H2,17,19). The van der Waals surface area contributed by atoms with Crippen molar-refractivity contribution in [2.45, 2.75) is 58.2 Å². The molecular weight excluding hydrogens is 252 g/mol. The van der Waals surface area contributed by atoms with E-state index in [4.69, 9.17) is 18.0 Å². The summed E-state index contributed by atoms with van der Waals surface area (Å²) in [6.45, 7) is 5.74. The van der Waals surface area contributed by atoms with E-state index in [0.29, 0.717) is 23.5 Å². The van der Waals surface area contributed by atoms with Crippen LogP contribution in [0, 0.1) is 0 Å². The highest BCUT2D eigenvalue weighted by atomic mass is 32.1. The highest BCUT2D eigenvalue weighted by molar-refractivity contribution is 7.80. The van der Waals surface area contributed by atoms with Crippen LogP contribution in [0.3, 0.4) is 0 Å². The summed E-state index contributed by atoms with van der Waals surface area (Å²) in [6.07, 6.45) is 4.71. The molecule has 0 aliphatic carbocycles. The second-order valence-corrected chi connectivity index (χ2v) is 6.29. The van der Waals surface area contributed by atoms with Crippen LogP contribution in [0.2, 0.25) is 0 Å². The first-order valence-corrected chi connectivity index (χ1v) is 7.59. The maximum absolute atomic E-state index is 5.57. The lowest BCUT2D eigenvalue weighted by Crippen LogP contribution is -2.42. The number of hydrogen-bond donors (Lipinski definition) is 1. The Morgan fingerprint density at radius 2 is 1.68 bits per heavy atom. The number of hydrogen-bond acceptors (Lipinski definition) is 2. The van der Waals surface area contributed by atoms with E-state index >= 15 is 0 Å². The molecule has 2 N–H and O–H groups in total. The fourth-order valence-electron chi connectivity index (χ4n) is 2.96. The monoisotopic (exact) mass is 276 g/mol. The van der Waals surface area contributed by atoms with Crippen molar-refractivity contribution in [1.29, 1.82) is 0 Å². The summed E-state index contributed by atoms with van der Waals surface area (Å²) < 4.78 is 0. The molecule has 1 aliphatic heterocycles. The van der Waals surface area contributed by atoms with E-state index in [2.05, 4.69) is 43.0 Å². The van der Waals surface area contributed by atoms with Crippen molar-refractivity contribution in [3.63, 3.8) is 0 Å². The van der Waals surface area contributed by atoms with E-state index in [1.165, 1.54) is 30.4 Å². The molecule has 0 spiro atoms. The van der Waals surface area contributed by atoms with Crippen LogP contribution in [-0.2, 0) is 13.0 Å². The van der Waals surface area contributed by atoms with Crippen molar-refractivity contribution in [2.24, 2.45) is 5.73 Å². The van der Waals surface area contributed by atoms with Crippen molar-refractivity contribution >= 4 is 17.2 Å². The summed E-state index contributed by atoms with van der Waals surface area (Å²) in [7, 11) is 0. The molecule has 2 nitrogen and oxygen atoms in total. The van der Waals surface area contributed by atoms with Gasteiger partial charge in [-0.2, -0.15) is 0 Å². The predicted molar refractivity (Wildman–Crippen MR) is 85.2 cm³/mol. The van der Waals surface area contributed by atoms with Gasteiger partial charge in [-0.25, -0.2) is 0 Å². The van der Waals surface area contributed by atoms with Crippen LogP contribution < -0.4 is 5.73 Å². The second-order valence-electron chi connectivity index (χ2n) is 5.76. The summed E-state index contributed by atoms with van der Waals surface area (Å²) in [5.41, 5.74) is 8.16. The van der Waals surface area contributed by atoms with Gasteiger partial charge in [0.25, 0.3) is 0 Å². The molecule has 104 valence electrons. The molecule has 0 radical (unpaired) electrons. The Hall–Kier alpha value is -0.930. The molecule has 1 heterocycles. The Kier molecular flexibility index (Phi) is 4.94. The van der Waals surface area contributed by atoms with Gasteiger partial charge in [0, 0.05) is 25.0 Å². The van der Waals surface area contributed by atoms with Gasteiger partial charge >= 0.3 is 0 Å². The van der Waals surface area contributed by atoms with Crippen molar-refractivity contribution in [3.8, 4) is 0 Å². The van der Waals surface area contributed by atoms with Crippen molar-refractivity contribution in [2.75, 3.05) is 0 Å². The van der Waals surface area contributed by atoms with Crippen molar-refractivity contribution in [3.05, 3.63) is 35.4 Å². The number of thiocarbonyl (C=S) groups is 1. The second kappa shape index (κ2) is 6.49. The molecule has 2 atom stereocenters. The number of likely N-dealkylation sites (tertiary alicyclic amines) is 1. The zero-order valence-corrected chi connectivity index (χ0v) is 12.7. The Balaban J connectivity index is 2.00. The summed E-state index contributed by atoms with van der Waals surface area (Å²) >= 11 is 4.94. The zero-order valence-electron chi connectivity index (χ0n) is 11.9. The van der Waals surface area contributed by atoms with Gasteiger partial charge in [-0.05, 0) is 37.8 Å². The first-order chi connectivity index (χ1) is 9.06. The summed E-state index contributed by atoms with van der Waals surface area (Å²) in [5, 5.41) is 0. The lowest BCUT2D eigenvalue weighted by molar-refractivity contribution is 0.0953. The minimum atomic E-state index is 0.561. The topological polar surface area (TPSA) is 29.3 Å². The Morgan fingerprint density at radius 1 is 1.16 bits per heavy atom. The van der Waals surface area contributed by atoms with Crippen LogP contribution in [0.5, 0.6) is 0 Å². The molecule has 0 aromatic heterocycles.